The van der Waals surface area contributed by atoms with E-state index in [1.807, 2.05) is 18.2 Å². The SMILES string of the molecule is CCCCCCCCCOP(=O)(OCCCCCCCCC)Oc1ccccc1.[H-].[K+]. The molecule has 0 bridgehead atoms. The molecule has 0 saturated heterocycles. The topological polar surface area (TPSA) is 44.8 Å². The van der Waals surface area contributed by atoms with Crippen molar-refractivity contribution in [3.63, 3.8) is 0 Å². The van der Waals surface area contributed by atoms with Crippen LogP contribution in [0.25, 0.3) is 0 Å². The second-order valence-corrected chi connectivity index (χ2v) is 9.35. The van der Waals surface area contributed by atoms with Crippen molar-refractivity contribution in [1.29, 1.82) is 0 Å². The fourth-order valence-corrected chi connectivity index (χ4v) is 4.44. The summed E-state index contributed by atoms with van der Waals surface area (Å²) < 4.78 is 30.0. The fourth-order valence-electron chi connectivity index (χ4n) is 3.17. The Morgan fingerprint density at radius 2 is 1.07 bits per heavy atom. The maximum atomic E-state index is 13.1. The van der Waals surface area contributed by atoms with Crippen LogP contribution in [0.3, 0.4) is 0 Å². The molecule has 1 aromatic rings. The molecular formula is C24H44KO4P. The normalized spacial score (nSPS) is 11.3. The first-order valence-electron chi connectivity index (χ1n) is 11.8. The molecule has 170 valence electrons. The summed E-state index contributed by atoms with van der Waals surface area (Å²) in [6.45, 7) is 5.28. The summed E-state index contributed by atoms with van der Waals surface area (Å²) in [6, 6.07) is 9.16. The zero-order chi connectivity index (χ0) is 21.0. The molecule has 1 aromatic carbocycles. The zero-order valence-electron chi connectivity index (χ0n) is 20.8. The molecular weight excluding hydrogens is 422 g/mol. The van der Waals surface area contributed by atoms with Gasteiger partial charge in [-0.15, -0.1) is 0 Å². The summed E-state index contributed by atoms with van der Waals surface area (Å²) in [4.78, 5) is 0. The molecule has 0 spiro atoms. The van der Waals surface area contributed by atoms with Gasteiger partial charge in [-0.3, -0.25) is 9.05 Å². The monoisotopic (exact) mass is 466 g/mol. The summed E-state index contributed by atoms with van der Waals surface area (Å²) in [5.41, 5.74) is 0. The largest absolute Gasteiger partial charge is 1.00 e. The summed E-state index contributed by atoms with van der Waals surface area (Å²) >= 11 is 0. The van der Waals surface area contributed by atoms with E-state index in [0.717, 1.165) is 25.7 Å². The molecule has 0 aliphatic rings. The van der Waals surface area contributed by atoms with E-state index in [4.69, 9.17) is 13.6 Å². The smallest absolute Gasteiger partial charge is 1.00 e. The second kappa shape index (κ2) is 21.6. The second-order valence-electron chi connectivity index (χ2n) is 7.76. The van der Waals surface area contributed by atoms with Gasteiger partial charge in [0.05, 0.1) is 13.2 Å². The van der Waals surface area contributed by atoms with Crippen LogP contribution in [-0.2, 0) is 13.6 Å². The average Bonchev–Trinajstić information content (AvgIpc) is 2.73. The minimum atomic E-state index is -3.57. The first-order valence-corrected chi connectivity index (χ1v) is 13.3. The Balaban J connectivity index is 0. The predicted molar refractivity (Wildman–Crippen MR) is 124 cm³/mol. The van der Waals surface area contributed by atoms with E-state index in [2.05, 4.69) is 13.8 Å². The van der Waals surface area contributed by atoms with Gasteiger partial charge in [0.1, 0.15) is 5.75 Å². The van der Waals surface area contributed by atoms with E-state index in [9.17, 15) is 4.57 Å². The average molecular weight is 467 g/mol. The third-order valence-corrected chi connectivity index (χ3v) is 6.39. The van der Waals surface area contributed by atoms with Crippen LogP contribution in [-0.4, -0.2) is 13.2 Å². The van der Waals surface area contributed by atoms with Crippen LogP contribution < -0.4 is 55.9 Å². The number of phosphoric acid groups is 1. The molecule has 0 heterocycles. The summed E-state index contributed by atoms with van der Waals surface area (Å²) in [5.74, 6) is 0.523. The molecule has 1 rings (SSSR count). The summed E-state index contributed by atoms with van der Waals surface area (Å²) in [5, 5.41) is 0. The summed E-state index contributed by atoms with van der Waals surface area (Å²) in [6.07, 6.45) is 16.6. The van der Waals surface area contributed by atoms with Crippen LogP contribution in [0.1, 0.15) is 105 Å². The molecule has 0 saturated carbocycles. The predicted octanol–water partition coefficient (Wildman–Crippen LogP) is 5.82. The van der Waals surface area contributed by atoms with E-state index < -0.39 is 7.82 Å². The molecule has 0 aliphatic carbocycles. The Bertz CT molecular complexity index is 510. The van der Waals surface area contributed by atoms with E-state index in [-0.39, 0.29) is 52.8 Å². The number of para-hydroxylation sites is 1. The standard InChI is InChI=1S/C24H43O4P.K.H/c1-3-5-7-9-11-13-18-22-26-29(25,28-24-20-16-15-17-21-24)27-23-19-14-12-10-8-6-4-2;;/h15-17,20-21H,3-14,18-19,22-23H2,1-2H3;;/q;+1;-1. The maximum Gasteiger partial charge on any atom is 1.00 e. The third kappa shape index (κ3) is 17.4. The molecule has 0 radical (unpaired) electrons. The van der Waals surface area contributed by atoms with E-state index in [0.29, 0.717) is 19.0 Å². The van der Waals surface area contributed by atoms with Crippen LogP contribution in [0.2, 0.25) is 0 Å². The van der Waals surface area contributed by atoms with Gasteiger partial charge in [0.15, 0.2) is 0 Å². The summed E-state index contributed by atoms with van der Waals surface area (Å²) in [7, 11) is -3.57. The number of hydrogen-bond donors (Lipinski definition) is 0. The quantitative estimate of drug-likeness (QED) is 0.138. The molecule has 0 amide bonds. The minimum absolute atomic E-state index is 0. The van der Waals surface area contributed by atoms with Gasteiger partial charge in [0.25, 0.3) is 0 Å². The molecule has 0 aliphatic heterocycles. The minimum Gasteiger partial charge on any atom is -1.00 e. The van der Waals surface area contributed by atoms with Gasteiger partial charge in [-0.05, 0) is 25.0 Å². The first kappa shape index (κ1) is 30.8. The van der Waals surface area contributed by atoms with Gasteiger partial charge in [-0.1, -0.05) is 109 Å². The number of phosphoric ester groups is 1. The molecule has 0 unspecified atom stereocenters. The van der Waals surface area contributed by atoms with Crippen molar-refractivity contribution in [3.8, 4) is 5.75 Å². The van der Waals surface area contributed by atoms with Crippen LogP contribution in [0, 0.1) is 0 Å². The van der Waals surface area contributed by atoms with Gasteiger partial charge in [-0.2, -0.15) is 0 Å². The van der Waals surface area contributed by atoms with E-state index in [1.165, 1.54) is 64.2 Å². The maximum absolute atomic E-state index is 13.1. The van der Waals surface area contributed by atoms with Crippen molar-refractivity contribution in [2.24, 2.45) is 0 Å². The van der Waals surface area contributed by atoms with Crippen molar-refractivity contribution >= 4 is 7.82 Å². The van der Waals surface area contributed by atoms with Crippen LogP contribution in [0.4, 0.5) is 0 Å². The van der Waals surface area contributed by atoms with E-state index >= 15 is 0 Å². The molecule has 6 heteroatoms. The van der Waals surface area contributed by atoms with Crippen molar-refractivity contribution in [3.05, 3.63) is 30.3 Å². The first-order chi connectivity index (χ1) is 14.2. The Hall–Kier alpha value is 0.806. The van der Waals surface area contributed by atoms with Gasteiger partial charge < -0.3 is 5.95 Å². The zero-order valence-corrected chi connectivity index (χ0v) is 23.8. The third-order valence-electron chi connectivity index (χ3n) is 4.96. The van der Waals surface area contributed by atoms with Gasteiger partial charge in [0, 0.05) is 0 Å². The van der Waals surface area contributed by atoms with Gasteiger partial charge in [-0.25, -0.2) is 4.57 Å². The number of benzene rings is 1. The number of rotatable bonds is 20. The number of hydrogen-bond acceptors (Lipinski definition) is 4. The molecule has 0 aromatic heterocycles. The molecule has 0 fully saturated rings. The van der Waals surface area contributed by atoms with Gasteiger partial charge in [0.2, 0.25) is 0 Å². The molecule has 4 nitrogen and oxygen atoms in total. The van der Waals surface area contributed by atoms with E-state index in [1.54, 1.807) is 12.1 Å². The molecule has 0 atom stereocenters. The Kier molecular flexibility index (Phi) is 22.2. The van der Waals surface area contributed by atoms with Crippen LogP contribution in [0.15, 0.2) is 30.3 Å². The van der Waals surface area contributed by atoms with Crippen molar-refractivity contribution < 1.29 is 70.9 Å². The number of unbranched alkanes of at least 4 members (excludes halogenated alkanes) is 12. The Morgan fingerprint density at radius 3 is 1.50 bits per heavy atom. The molecule has 0 N–H and O–H groups in total. The fraction of sp³-hybridized carbons (Fsp3) is 0.750. The van der Waals surface area contributed by atoms with Gasteiger partial charge >= 0.3 is 59.2 Å². The van der Waals surface area contributed by atoms with Crippen LogP contribution >= 0.6 is 7.82 Å². The van der Waals surface area contributed by atoms with Crippen LogP contribution in [0.5, 0.6) is 5.75 Å². The Labute approximate surface area is 229 Å². The van der Waals surface area contributed by atoms with Crippen molar-refractivity contribution in [1.82, 2.24) is 0 Å². The van der Waals surface area contributed by atoms with Crippen molar-refractivity contribution in [2.75, 3.05) is 13.2 Å². The molecule has 30 heavy (non-hydrogen) atoms. The van der Waals surface area contributed by atoms with Crippen molar-refractivity contribution in [2.45, 2.75) is 104 Å². The Morgan fingerprint density at radius 1 is 0.667 bits per heavy atom.